The zero-order chi connectivity index (χ0) is 35.5. The van der Waals surface area contributed by atoms with Crippen molar-refractivity contribution in [1.29, 1.82) is 0 Å². The van der Waals surface area contributed by atoms with Crippen LogP contribution in [-0.2, 0) is 25.8 Å². The molecule has 2 N–H and O–H groups in total. The summed E-state index contributed by atoms with van der Waals surface area (Å²) in [5.41, 5.74) is 1.96. The Bertz CT molecular complexity index is 1780. The molecular formula is C35H42ClF2N5O5Si. The second-order valence-corrected chi connectivity index (χ2v) is 19.7. The molecule has 49 heavy (non-hydrogen) atoms. The predicted molar refractivity (Wildman–Crippen MR) is 188 cm³/mol. The van der Waals surface area contributed by atoms with Crippen LogP contribution in [0.1, 0.15) is 50.0 Å². The molecule has 2 aliphatic rings. The fourth-order valence-corrected chi connectivity index (χ4v) is 6.91. The number of hydrogen-bond acceptors (Lipinski definition) is 6. The first-order valence-corrected chi connectivity index (χ1v) is 20.4. The third kappa shape index (κ3) is 8.57. The number of fused-ring (bicyclic) bond motifs is 4. The van der Waals surface area contributed by atoms with Gasteiger partial charge in [-0.15, -0.1) is 0 Å². The first kappa shape index (κ1) is 36.2. The Kier molecular flexibility index (Phi) is 11.2. The molecule has 1 aromatic heterocycles. The first-order valence-electron chi connectivity index (χ1n) is 16.4. The molecular weight excluding hydrogens is 672 g/mol. The van der Waals surface area contributed by atoms with Gasteiger partial charge in [-0.2, -0.15) is 0 Å². The minimum absolute atomic E-state index is 0.186. The van der Waals surface area contributed by atoms with E-state index in [1.54, 1.807) is 23.1 Å². The number of ether oxygens (including phenoxy) is 2. The molecule has 0 saturated carbocycles. The molecule has 0 saturated heterocycles. The number of imidazole rings is 1. The van der Waals surface area contributed by atoms with E-state index in [-0.39, 0.29) is 47.7 Å². The average Bonchev–Trinajstić information content (AvgIpc) is 3.46. The van der Waals surface area contributed by atoms with Gasteiger partial charge in [-0.3, -0.25) is 14.9 Å². The molecule has 262 valence electrons. The molecule has 0 fully saturated rings. The van der Waals surface area contributed by atoms with Gasteiger partial charge in [0.2, 0.25) is 11.8 Å². The van der Waals surface area contributed by atoms with Gasteiger partial charge in [0.05, 0.1) is 35.1 Å². The van der Waals surface area contributed by atoms with Gasteiger partial charge >= 0.3 is 6.09 Å². The maximum absolute atomic E-state index is 14.9. The molecule has 3 amide bonds. The lowest BCUT2D eigenvalue weighted by Gasteiger charge is -2.34. The van der Waals surface area contributed by atoms with Crippen molar-refractivity contribution in [1.82, 2.24) is 14.5 Å². The largest absolute Gasteiger partial charge is 0.453 e. The first-order chi connectivity index (χ1) is 23.3. The molecule has 3 heterocycles. The summed E-state index contributed by atoms with van der Waals surface area (Å²) in [5, 5.41) is 5.43. The molecule has 2 aromatic carbocycles. The van der Waals surface area contributed by atoms with Crippen molar-refractivity contribution in [3.05, 3.63) is 70.6 Å². The number of carbonyl (C=O) groups is 3. The Labute approximate surface area is 290 Å². The Morgan fingerprint density at radius 2 is 1.94 bits per heavy atom. The van der Waals surface area contributed by atoms with Crippen LogP contribution in [0.3, 0.4) is 0 Å². The minimum atomic E-state index is -1.37. The van der Waals surface area contributed by atoms with E-state index in [1.807, 2.05) is 17.7 Å². The summed E-state index contributed by atoms with van der Waals surface area (Å²) in [6, 6.07) is 7.78. The zero-order valence-corrected chi connectivity index (χ0v) is 30.1. The lowest BCUT2D eigenvalue weighted by atomic mass is 9.95. The Morgan fingerprint density at radius 1 is 1.16 bits per heavy atom. The highest BCUT2D eigenvalue weighted by molar-refractivity contribution is 6.76. The number of benzene rings is 2. The van der Waals surface area contributed by atoms with Crippen LogP contribution in [0.15, 0.2) is 42.6 Å². The summed E-state index contributed by atoms with van der Waals surface area (Å²) in [6.07, 6.45) is 4.27. The molecule has 14 heteroatoms. The van der Waals surface area contributed by atoms with Crippen molar-refractivity contribution in [2.45, 2.75) is 71.1 Å². The number of carbonyl (C=O) groups excluding carboxylic acids is 3. The van der Waals surface area contributed by atoms with E-state index >= 15 is 0 Å². The SMILES string of the molecule is COC(=O)Nc1ccc2c(c1)NC(=O)[C@H](C)CCC[C@H](N1CCC(c3c(F)ccc(Cl)c3F)=CC1=O)c1nc-2cn1COCC[Si](C)(C)C. The fourth-order valence-electron chi connectivity index (χ4n) is 6.00. The molecule has 0 spiro atoms. The number of halogens is 3. The summed E-state index contributed by atoms with van der Waals surface area (Å²) in [4.78, 5) is 45.8. The molecule has 2 bridgehead atoms. The molecule has 10 nitrogen and oxygen atoms in total. The van der Waals surface area contributed by atoms with Crippen molar-refractivity contribution >= 4 is 54.5 Å². The van der Waals surface area contributed by atoms with Gasteiger partial charge < -0.3 is 24.3 Å². The molecule has 0 radical (unpaired) electrons. The van der Waals surface area contributed by atoms with Crippen LogP contribution in [0, 0.1) is 17.6 Å². The number of methoxy groups -OCH3 is 1. The molecule has 0 unspecified atom stereocenters. The summed E-state index contributed by atoms with van der Waals surface area (Å²) < 4.78 is 42.5. The highest BCUT2D eigenvalue weighted by atomic mass is 35.5. The van der Waals surface area contributed by atoms with E-state index in [4.69, 9.17) is 26.1 Å². The highest BCUT2D eigenvalue weighted by Gasteiger charge is 2.33. The minimum Gasteiger partial charge on any atom is -0.453 e. The maximum Gasteiger partial charge on any atom is 0.411 e. The van der Waals surface area contributed by atoms with Gasteiger partial charge in [-0.25, -0.2) is 18.6 Å². The topological polar surface area (TPSA) is 115 Å². The number of nitrogens with zero attached hydrogens (tertiary/aromatic N) is 3. The number of rotatable bonds is 8. The van der Waals surface area contributed by atoms with E-state index in [9.17, 15) is 23.2 Å². The normalized spacial score (nSPS) is 18.5. The summed E-state index contributed by atoms with van der Waals surface area (Å²) in [7, 11) is -0.102. The Balaban J connectivity index is 1.57. The molecule has 2 aliphatic heterocycles. The van der Waals surface area contributed by atoms with Crippen molar-refractivity contribution in [2.75, 3.05) is 30.9 Å². The van der Waals surface area contributed by atoms with Crippen LogP contribution < -0.4 is 10.6 Å². The molecule has 5 rings (SSSR count). The van der Waals surface area contributed by atoms with Crippen molar-refractivity contribution in [3.63, 3.8) is 0 Å². The standard InChI is InChI=1S/C35H42ClF2N5O5Si/c1-21-7-6-8-29(43-14-13-22(17-30(43)44)31-26(37)12-11-25(36)32(31)38)33-40-28(19-42(33)20-48-15-16-49(3,4)5)24-10-9-23(39-35(46)47-2)18-27(24)41-34(21)45/h9-12,17-19,21,29H,6-8,13-16,20H2,1-5H3,(H,39,46)(H,41,45)/t21-,29+/m1/s1. The Morgan fingerprint density at radius 3 is 2.65 bits per heavy atom. The van der Waals surface area contributed by atoms with Crippen LogP contribution in [0.5, 0.6) is 0 Å². The van der Waals surface area contributed by atoms with Crippen LogP contribution in [-0.4, -0.2) is 60.7 Å². The summed E-state index contributed by atoms with van der Waals surface area (Å²) >= 11 is 5.96. The van der Waals surface area contributed by atoms with Gasteiger partial charge in [0.1, 0.15) is 18.4 Å². The number of anilines is 2. The van der Waals surface area contributed by atoms with Crippen molar-refractivity contribution < 1.29 is 32.6 Å². The van der Waals surface area contributed by atoms with Crippen LogP contribution in [0.25, 0.3) is 16.8 Å². The summed E-state index contributed by atoms with van der Waals surface area (Å²) in [6.45, 7) is 9.59. The smallest absolute Gasteiger partial charge is 0.411 e. The third-order valence-electron chi connectivity index (χ3n) is 8.82. The molecule has 0 aliphatic carbocycles. The lowest BCUT2D eigenvalue weighted by molar-refractivity contribution is -0.129. The monoisotopic (exact) mass is 713 g/mol. The quantitative estimate of drug-likeness (QED) is 0.139. The Hall–Kier alpha value is -4.07. The van der Waals surface area contributed by atoms with Crippen molar-refractivity contribution in [2.24, 2.45) is 5.92 Å². The third-order valence-corrected chi connectivity index (χ3v) is 10.8. The zero-order valence-electron chi connectivity index (χ0n) is 28.4. The second-order valence-electron chi connectivity index (χ2n) is 13.7. The van der Waals surface area contributed by atoms with E-state index in [1.165, 1.54) is 13.2 Å². The number of nitrogens with one attached hydrogen (secondary N) is 2. The number of aromatic nitrogens is 2. The maximum atomic E-state index is 14.9. The van der Waals surface area contributed by atoms with Gasteiger partial charge in [-0.05, 0) is 61.2 Å². The fraction of sp³-hybridized carbons (Fsp3) is 0.429. The second kappa shape index (κ2) is 15.2. The van der Waals surface area contributed by atoms with E-state index in [0.29, 0.717) is 54.3 Å². The average molecular weight is 714 g/mol. The van der Waals surface area contributed by atoms with Gasteiger partial charge in [0.15, 0.2) is 5.82 Å². The van der Waals surface area contributed by atoms with Crippen molar-refractivity contribution in [3.8, 4) is 11.3 Å². The highest BCUT2D eigenvalue weighted by Crippen LogP contribution is 2.38. The number of hydrogen-bond donors (Lipinski definition) is 2. The lowest BCUT2D eigenvalue weighted by Crippen LogP contribution is -2.39. The molecule has 3 aromatic rings. The van der Waals surface area contributed by atoms with Gasteiger partial charge in [-0.1, -0.05) is 44.6 Å². The van der Waals surface area contributed by atoms with Gasteiger partial charge in [0.25, 0.3) is 0 Å². The van der Waals surface area contributed by atoms with Gasteiger partial charge in [0, 0.05) is 50.7 Å². The van der Waals surface area contributed by atoms with Crippen LogP contribution in [0.4, 0.5) is 25.0 Å². The molecule has 2 atom stereocenters. The van der Waals surface area contributed by atoms with Crippen LogP contribution >= 0.6 is 11.6 Å². The summed E-state index contributed by atoms with van der Waals surface area (Å²) in [5.74, 6) is -2.06. The predicted octanol–water partition coefficient (Wildman–Crippen LogP) is 8.09. The number of amides is 3. The van der Waals surface area contributed by atoms with Crippen LogP contribution in [0.2, 0.25) is 30.7 Å². The van der Waals surface area contributed by atoms with E-state index < -0.39 is 37.8 Å². The van der Waals surface area contributed by atoms with E-state index in [0.717, 1.165) is 18.2 Å². The van der Waals surface area contributed by atoms with E-state index in [2.05, 4.69) is 30.3 Å².